The molecule has 2 rings (SSSR count). The Morgan fingerprint density at radius 1 is 1.20 bits per heavy atom. The molecule has 1 aromatic heterocycles. The highest BCUT2D eigenvalue weighted by Crippen LogP contribution is 2.30. The van der Waals surface area contributed by atoms with Crippen LogP contribution in [0.2, 0.25) is 25.7 Å². The fourth-order valence-corrected chi connectivity index (χ4v) is 2.97. The molecule has 20 heavy (non-hydrogen) atoms. The van der Waals surface area contributed by atoms with Crippen molar-refractivity contribution in [3.8, 4) is 5.75 Å². The van der Waals surface area contributed by atoms with Gasteiger partial charge < -0.3 is 9.47 Å². The molecular weight excluding hydrogens is 334 g/mol. The number of halogens is 1. The van der Waals surface area contributed by atoms with Gasteiger partial charge in [-0.2, -0.15) is 0 Å². The maximum absolute atomic E-state index is 5.69. The zero-order valence-electron chi connectivity index (χ0n) is 12.1. The lowest BCUT2D eigenvalue weighted by Crippen LogP contribution is -2.22. The first-order valence-corrected chi connectivity index (χ1v) is 11.2. The molecule has 0 saturated heterocycles. The Bertz CT molecular complexity index is 584. The van der Waals surface area contributed by atoms with Gasteiger partial charge in [0.25, 0.3) is 0 Å². The van der Waals surface area contributed by atoms with Crippen LogP contribution in [-0.2, 0) is 4.74 Å². The lowest BCUT2D eigenvalue weighted by Gasteiger charge is -2.16. The van der Waals surface area contributed by atoms with Crippen molar-refractivity contribution in [3.05, 3.63) is 35.1 Å². The molecule has 0 saturated carbocycles. The Kier molecular flexibility index (Phi) is 5.18. The number of hydrogen-bond donors (Lipinski definition) is 0. The third-order valence-corrected chi connectivity index (χ3v) is 5.31. The predicted molar refractivity (Wildman–Crippen MR) is 89.0 cm³/mol. The highest BCUT2D eigenvalue weighted by atomic mass is 79.9. The summed E-state index contributed by atoms with van der Waals surface area (Å²) in [6.45, 7) is 8.08. The lowest BCUT2D eigenvalue weighted by atomic mass is 10.2. The van der Waals surface area contributed by atoms with E-state index in [2.05, 4.69) is 40.6 Å². The summed E-state index contributed by atoms with van der Waals surface area (Å²) in [4.78, 5) is 4.11. The van der Waals surface area contributed by atoms with Crippen molar-refractivity contribution < 1.29 is 9.47 Å². The maximum atomic E-state index is 5.69. The number of fused-ring (bicyclic) bond motifs is 1. The molecule has 0 radical (unpaired) electrons. The van der Waals surface area contributed by atoms with E-state index in [0.717, 1.165) is 33.6 Å². The number of benzene rings is 1. The number of hydrogen-bond acceptors (Lipinski definition) is 3. The van der Waals surface area contributed by atoms with E-state index in [4.69, 9.17) is 9.47 Å². The van der Waals surface area contributed by atoms with Crippen molar-refractivity contribution in [1.29, 1.82) is 0 Å². The van der Waals surface area contributed by atoms with E-state index < -0.39 is 8.07 Å². The van der Waals surface area contributed by atoms with Crippen LogP contribution in [0.5, 0.6) is 5.75 Å². The quantitative estimate of drug-likeness (QED) is 0.428. The first-order valence-electron chi connectivity index (χ1n) is 6.69. The van der Waals surface area contributed by atoms with Crippen LogP contribution in [-0.4, -0.2) is 26.5 Å². The fourth-order valence-electron chi connectivity index (χ4n) is 1.74. The van der Waals surface area contributed by atoms with E-state index >= 15 is 0 Å². The van der Waals surface area contributed by atoms with Crippen molar-refractivity contribution in [2.24, 2.45) is 0 Å². The Morgan fingerprint density at radius 3 is 2.75 bits per heavy atom. The molecule has 5 heteroatoms. The van der Waals surface area contributed by atoms with Crippen molar-refractivity contribution in [1.82, 2.24) is 4.98 Å². The largest absolute Gasteiger partial charge is 0.466 e. The smallest absolute Gasteiger partial charge is 0.189 e. The molecule has 0 amide bonds. The number of ether oxygens (including phenoxy) is 2. The molecular formula is C15H20BrNO2Si. The van der Waals surface area contributed by atoms with Crippen LogP contribution in [0.1, 0.15) is 0 Å². The van der Waals surface area contributed by atoms with Crippen LogP contribution >= 0.6 is 15.9 Å². The summed E-state index contributed by atoms with van der Waals surface area (Å²) in [6, 6.07) is 7.14. The highest BCUT2D eigenvalue weighted by Gasteiger charge is 2.12. The van der Waals surface area contributed by atoms with Gasteiger partial charge in [0, 0.05) is 32.5 Å². The number of rotatable bonds is 6. The molecule has 2 aromatic rings. The molecule has 0 bridgehead atoms. The maximum Gasteiger partial charge on any atom is 0.189 e. The standard InChI is InChI=1S/C15H20BrNO2Si/c1-20(2,3)7-6-18-11-19-15-9-12-4-5-17-10-13(12)8-14(15)16/h4-5,8-10H,6-7,11H2,1-3H3. The van der Waals surface area contributed by atoms with Crippen molar-refractivity contribution in [2.45, 2.75) is 25.7 Å². The minimum atomic E-state index is -1.03. The SMILES string of the molecule is C[Si](C)(C)CCOCOc1cc2ccncc2cc1Br. The minimum absolute atomic E-state index is 0.291. The van der Waals surface area contributed by atoms with Crippen molar-refractivity contribution in [3.63, 3.8) is 0 Å². The van der Waals surface area contributed by atoms with E-state index in [1.165, 1.54) is 0 Å². The van der Waals surface area contributed by atoms with Gasteiger partial charge >= 0.3 is 0 Å². The van der Waals surface area contributed by atoms with Crippen molar-refractivity contribution in [2.75, 3.05) is 13.4 Å². The van der Waals surface area contributed by atoms with Gasteiger partial charge in [-0.05, 0) is 45.6 Å². The third-order valence-electron chi connectivity index (χ3n) is 2.99. The van der Waals surface area contributed by atoms with Crippen LogP contribution in [0.15, 0.2) is 35.1 Å². The molecule has 0 atom stereocenters. The summed E-state index contributed by atoms with van der Waals surface area (Å²) in [5.41, 5.74) is 0. The highest BCUT2D eigenvalue weighted by molar-refractivity contribution is 9.10. The van der Waals surface area contributed by atoms with Gasteiger partial charge in [-0.25, -0.2) is 0 Å². The van der Waals surface area contributed by atoms with Gasteiger partial charge in [-0.3, -0.25) is 4.98 Å². The average molecular weight is 354 g/mol. The molecule has 0 fully saturated rings. The number of pyridine rings is 1. The molecule has 0 N–H and O–H groups in total. The Balaban J connectivity index is 1.91. The van der Waals surface area contributed by atoms with Gasteiger partial charge in [-0.1, -0.05) is 19.6 Å². The molecule has 0 aliphatic rings. The average Bonchev–Trinajstić information content (AvgIpc) is 2.37. The van der Waals surface area contributed by atoms with E-state index in [9.17, 15) is 0 Å². The topological polar surface area (TPSA) is 31.4 Å². The van der Waals surface area contributed by atoms with Crippen LogP contribution in [0, 0.1) is 0 Å². The first-order chi connectivity index (χ1) is 9.46. The zero-order valence-corrected chi connectivity index (χ0v) is 14.7. The monoisotopic (exact) mass is 353 g/mol. The second-order valence-corrected chi connectivity index (χ2v) is 12.5. The van der Waals surface area contributed by atoms with E-state index in [0.29, 0.717) is 6.79 Å². The molecule has 0 spiro atoms. The first kappa shape index (κ1) is 15.5. The Labute approximate surface area is 129 Å². The molecule has 0 unspecified atom stereocenters. The number of nitrogens with zero attached hydrogens (tertiary/aromatic N) is 1. The molecule has 1 aromatic carbocycles. The second kappa shape index (κ2) is 6.69. The van der Waals surface area contributed by atoms with Gasteiger partial charge in [0.2, 0.25) is 0 Å². The van der Waals surface area contributed by atoms with Crippen LogP contribution in [0.4, 0.5) is 0 Å². The van der Waals surface area contributed by atoms with Gasteiger partial charge in [-0.15, -0.1) is 0 Å². The van der Waals surface area contributed by atoms with Gasteiger partial charge in [0.15, 0.2) is 6.79 Å². The molecule has 0 aliphatic heterocycles. The third kappa shape index (κ3) is 4.58. The summed E-state index contributed by atoms with van der Waals surface area (Å²) in [5, 5.41) is 2.20. The predicted octanol–water partition coefficient (Wildman–Crippen LogP) is 4.69. The Hall–Kier alpha value is -0.913. The van der Waals surface area contributed by atoms with E-state index in [1.54, 1.807) is 6.20 Å². The molecule has 1 heterocycles. The van der Waals surface area contributed by atoms with Gasteiger partial charge in [0.05, 0.1) is 4.47 Å². The Morgan fingerprint density at radius 2 is 2.00 bits per heavy atom. The van der Waals surface area contributed by atoms with Gasteiger partial charge in [0.1, 0.15) is 5.75 Å². The summed E-state index contributed by atoms with van der Waals surface area (Å²) >= 11 is 3.52. The summed E-state index contributed by atoms with van der Waals surface area (Å²) in [7, 11) is -1.03. The lowest BCUT2D eigenvalue weighted by molar-refractivity contribution is 0.0217. The molecule has 3 nitrogen and oxygen atoms in total. The van der Waals surface area contributed by atoms with E-state index in [1.807, 2.05) is 24.4 Å². The van der Waals surface area contributed by atoms with Crippen LogP contribution in [0.25, 0.3) is 10.8 Å². The molecule has 108 valence electrons. The fraction of sp³-hybridized carbons (Fsp3) is 0.400. The minimum Gasteiger partial charge on any atom is -0.466 e. The van der Waals surface area contributed by atoms with Crippen LogP contribution in [0.3, 0.4) is 0 Å². The zero-order chi connectivity index (χ0) is 14.6. The molecule has 0 aliphatic carbocycles. The van der Waals surface area contributed by atoms with Crippen molar-refractivity contribution >= 4 is 34.8 Å². The summed E-state index contributed by atoms with van der Waals surface area (Å²) in [6.07, 6.45) is 3.62. The van der Waals surface area contributed by atoms with Crippen LogP contribution < -0.4 is 4.74 Å². The normalized spacial score (nSPS) is 11.8. The number of aromatic nitrogens is 1. The second-order valence-electron chi connectivity index (χ2n) is 5.99. The summed E-state index contributed by atoms with van der Waals surface area (Å²) < 4.78 is 12.2. The summed E-state index contributed by atoms with van der Waals surface area (Å²) in [5.74, 6) is 0.803. The van der Waals surface area contributed by atoms with E-state index in [-0.39, 0.29) is 0 Å².